The Hall–Kier alpha value is -3.37. The number of piperidine rings is 1. The van der Waals surface area contributed by atoms with E-state index in [1.54, 1.807) is 19.2 Å². The molecule has 8 nitrogen and oxygen atoms in total. The molecule has 2 aliphatic rings. The molecule has 226 valence electrons. The van der Waals surface area contributed by atoms with Crippen molar-refractivity contribution in [3.8, 4) is 17.2 Å². The topological polar surface area (TPSA) is 81.7 Å². The van der Waals surface area contributed by atoms with Crippen molar-refractivity contribution in [2.45, 2.75) is 37.6 Å². The minimum absolute atomic E-state index is 0.161. The number of aliphatic hydroxyl groups is 1. The predicted molar refractivity (Wildman–Crippen MR) is 159 cm³/mol. The lowest BCUT2D eigenvalue weighted by Gasteiger charge is -2.36. The molecule has 0 spiro atoms. The minimum Gasteiger partial charge on any atom is -0.493 e. The fraction of sp³-hybridized carbons (Fsp3) is 0.455. The van der Waals surface area contributed by atoms with E-state index < -0.39 is 6.10 Å². The summed E-state index contributed by atoms with van der Waals surface area (Å²) in [5.41, 5.74) is 3.17. The molecular formula is C33H41FN2O6. The first kappa shape index (κ1) is 30.1. The second-order valence-electron chi connectivity index (χ2n) is 10.7. The number of aliphatic hydroxyl groups excluding tert-OH is 1. The standard InChI is InChI=1S/C33H41FN2O6/c1-38-15-3-13-36-14-18-41-31-12-7-24(19-29(31)36)23-42-32-22-35-21-30(37)33(32)25-8-10-27(11-9-25)39-16-4-17-40-28-6-2-5-26(34)20-28/h2,5-12,19-20,30,32-33,35,37H,3-4,13-18,21-23H2,1H3/t30-,32+,33+/m1/s1. The van der Waals surface area contributed by atoms with E-state index in [9.17, 15) is 9.50 Å². The molecule has 0 radical (unpaired) electrons. The van der Waals surface area contributed by atoms with E-state index in [0.29, 0.717) is 51.7 Å². The van der Waals surface area contributed by atoms with Gasteiger partial charge in [0.25, 0.3) is 0 Å². The van der Waals surface area contributed by atoms with Gasteiger partial charge in [0.05, 0.1) is 44.3 Å². The van der Waals surface area contributed by atoms with Crippen molar-refractivity contribution < 1.29 is 33.2 Å². The Morgan fingerprint density at radius 2 is 1.79 bits per heavy atom. The number of ether oxygens (including phenoxy) is 5. The van der Waals surface area contributed by atoms with Crippen molar-refractivity contribution in [2.75, 3.05) is 64.6 Å². The number of rotatable bonds is 14. The number of hydrogen-bond donors (Lipinski definition) is 2. The average Bonchev–Trinajstić information content (AvgIpc) is 3.00. The van der Waals surface area contributed by atoms with E-state index in [1.165, 1.54) is 12.1 Å². The van der Waals surface area contributed by atoms with Crippen LogP contribution in [0.3, 0.4) is 0 Å². The second kappa shape index (κ2) is 15.2. The van der Waals surface area contributed by atoms with Crippen molar-refractivity contribution in [1.29, 1.82) is 0 Å². The van der Waals surface area contributed by atoms with Crippen LogP contribution < -0.4 is 24.4 Å². The molecule has 5 rings (SSSR count). The van der Waals surface area contributed by atoms with Gasteiger partial charge in [-0.1, -0.05) is 24.3 Å². The Morgan fingerprint density at radius 1 is 0.952 bits per heavy atom. The molecular weight excluding hydrogens is 539 g/mol. The van der Waals surface area contributed by atoms with E-state index in [0.717, 1.165) is 54.4 Å². The van der Waals surface area contributed by atoms with Crippen molar-refractivity contribution in [3.05, 3.63) is 83.7 Å². The summed E-state index contributed by atoms with van der Waals surface area (Å²) in [5.74, 6) is 1.68. The Bertz CT molecular complexity index is 1260. The van der Waals surface area contributed by atoms with Crippen LogP contribution in [0.5, 0.6) is 17.2 Å². The maximum absolute atomic E-state index is 13.3. The summed E-state index contributed by atoms with van der Waals surface area (Å²) >= 11 is 0. The highest BCUT2D eigenvalue weighted by Gasteiger charge is 2.34. The summed E-state index contributed by atoms with van der Waals surface area (Å²) in [6, 6.07) is 20.2. The van der Waals surface area contributed by atoms with Gasteiger partial charge in [-0.3, -0.25) is 0 Å². The summed E-state index contributed by atoms with van der Waals surface area (Å²) in [5, 5.41) is 14.2. The Morgan fingerprint density at radius 3 is 2.60 bits per heavy atom. The molecule has 0 amide bonds. The lowest BCUT2D eigenvalue weighted by molar-refractivity contribution is -0.0328. The van der Waals surface area contributed by atoms with Crippen molar-refractivity contribution in [3.63, 3.8) is 0 Å². The van der Waals surface area contributed by atoms with Crippen LogP contribution in [0, 0.1) is 5.82 Å². The summed E-state index contributed by atoms with van der Waals surface area (Å²) in [6.07, 6.45) is 0.869. The van der Waals surface area contributed by atoms with E-state index in [1.807, 2.05) is 30.3 Å². The van der Waals surface area contributed by atoms with Gasteiger partial charge in [-0.15, -0.1) is 0 Å². The fourth-order valence-corrected chi connectivity index (χ4v) is 5.50. The normalized spacial score (nSPS) is 20.1. The van der Waals surface area contributed by atoms with Crippen LogP contribution >= 0.6 is 0 Å². The number of nitrogens with zero attached hydrogens (tertiary/aromatic N) is 1. The molecule has 0 aliphatic carbocycles. The highest BCUT2D eigenvalue weighted by molar-refractivity contribution is 5.61. The number of halogens is 1. The summed E-state index contributed by atoms with van der Waals surface area (Å²) in [4.78, 5) is 2.34. The third-order valence-corrected chi connectivity index (χ3v) is 7.62. The SMILES string of the molecule is COCCCN1CCOc2ccc(CO[C@H]3CNC[C@@H](O)[C@@H]3c3ccc(OCCCOc4cccc(F)c4)cc3)cc21. The van der Waals surface area contributed by atoms with E-state index >= 15 is 0 Å². The zero-order valence-corrected chi connectivity index (χ0v) is 24.2. The van der Waals surface area contributed by atoms with Crippen molar-refractivity contribution >= 4 is 5.69 Å². The van der Waals surface area contributed by atoms with Gasteiger partial charge >= 0.3 is 0 Å². The number of hydrogen-bond acceptors (Lipinski definition) is 8. The molecule has 9 heteroatoms. The Kier molecular flexibility index (Phi) is 10.9. The van der Waals surface area contributed by atoms with Crippen LogP contribution in [-0.4, -0.2) is 77.0 Å². The van der Waals surface area contributed by atoms with Crippen LogP contribution in [0.1, 0.15) is 29.9 Å². The number of anilines is 1. The molecule has 2 aliphatic heterocycles. The maximum atomic E-state index is 13.3. The molecule has 3 aromatic rings. The first-order chi connectivity index (χ1) is 20.6. The smallest absolute Gasteiger partial charge is 0.142 e. The van der Waals surface area contributed by atoms with Gasteiger partial charge in [0.1, 0.15) is 29.7 Å². The molecule has 0 bridgehead atoms. The number of benzene rings is 3. The summed E-state index contributed by atoms with van der Waals surface area (Å²) in [7, 11) is 1.73. The van der Waals surface area contributed by atoms with Crippen LogP contribution in [0.25, 0.3) is 0 Å². The van der Waals surface area contributed by atoms with Crippen LogP contribution in [-0.2, 0) is 16.1 Å². The molecule has 3 aromatic carbocycles. The van der Waals surface area contributed by atoms with E-state index in [2.05, 4.69) is 22.3 Å². The first-order valence-electron chi connectivity index (χ1n) is 14.7. The third kappa shape index (κ3) is 8.13. The lowest BCUT2D eigenvalue weighted by Crippen LogP contribution is -2.49. The van der Waals surface area contributed by atoms with Gasteiger partial charge in [0, 0.05) is 51.8 Å². The van der Waals surface area contributed by atoms with Gasteiger partial charge < -0.3 is 39.0 Å². The third-order valence-electron chi connectivity index (χ3n) is 7.62. The monoisotopic (exact) mass is 580 g/mol. The number of fused-ring (bicyclic) bond motifs is 1. The molecule has 0 saturated carbocycles. The molecule has 2 N–H and O–H groups in total. The van der Waals surface area contributed by atoms with E-state index in [4.69, 9.17) is 23.7 Å². The zero-order valence-electron chi connectivity index (χ0n) is 24.2. The molecule has 0 aromatic heterocycles. The van der Waals surface area contributed by atoms with E-state index in [-0.39, 0.29) is 17.8 Å². The van der Waals surface area contributed by atoms with Crippen LogP contribution in [0.15, 0.2) is 66.7 Å². The van der Waals surface area contributed by atoms with Gasteiger partial charge in [-0.05, 0) is 53.9 Å². The Labute approximate surface area is 247 Å². The minimum atomic E-state index is -0.566. The predicted octanol–water partition coefficient (Wildman–Crippen LogP) is 4.54. The fourth-order valence-electron chi connectivity index (χ4n) is 5.50. The quantitative estimate of drug-likeness (QED) is 0.269. The molecule has 42 heavy (non-hydrogen) atoms. The second-order valence-corrected chi connectivity index (χ2v) is 10.7. The highest BCUT2D eigenvalue weighted by atomic mass is 19.1. The molecule has 3 atom stereocenters. The van der Waals surface area contributed by atoms with Gasteiger partial charge in [-0.2, -0.15) is 0 Å². The Balaban J connectivity index is 1.14. The lowest BCUT2D eigenvalue weighted by atomic mass is 9.85. The van der Waals surface area contributed by atoms with Crippen LogP contribution in [0.4, 0.5) is 10.1 Å². The van der Waals surface area contributed by atoms with Crippen LogP contribution in [0.2, 0.25) is 0 Å². The van der Waals surface area contributed by atoms with Crippen molar-refractivity contribution in [2.24, 2.45) is 0 Å². The number of nitrogens with one attached hydrogen (secondary N) is 1. The maximum Gasteiger partial charge on any atom is 0.142 e. The van der Waals surface area contributed by atoms with Gasteiger partial charge in [0.2, 0.25) is 0 Å². The zero-order chi connectivity index (χ0) is 29.1. The summed E-state index contributed by atoms with van der Waals surface area (Å²) in [6.45, 7) is 5.70. The molecule has 0 unspecified atom stereocenters. The first-order valence-corrected chi connectivity index (χ1v) is 14.7. The van der Waals surface area contributed by atoms with Crippen molar-refractivity contribution in [1.82, 2.24) is 5.32 Å². The number of β-amino-alcohol motifs (C(OH)–C–C–N with tert-alkyl or cyclic N) is 1. The molecule has 1 fully saturated rings. The molecule has 2 heterocycles. The van der Waals surface area contributed by atoms with Gasteiger partial charge in [0.15, 0.2) is 0 Å². The largest absolute Gasteiger partial charge is 0.493 e. The van der Waals surface area contributed by atoms with Gasteiger partial charge in [-0.25, -0.2) is 4.39 Å². The average molecular weight is 581 g/mol. The summed E-state index contributed by atoms with van der Waals surface area (Å²) < 4.78 is 42.3. The number of methoxy groups -OCH3 is 1. The molecule has 1 saturated heterocycles. The highest BCUT2D eigenvalue weighted by Crippen LogP contribution is 2.34.